The van der Waals surface area contributed by atoms with Crippen LogP contribution in [0, 0.1) is 17.6 Å². The highest BCUT2D eigenvalue weighted by Crippen LogP contribution is 2.23. The van der Waals surface area contributed by atoms with Gasteiger partial charge in [0.05, 0.1) is 16.7 Å². The zero-order chi connectivity index (χ0) is 22.8. The van der Waals surface area contributed by atoms with Crippen LogP contribution in [0.3, 0.4) is 0 Å². The van der Waals surface area contributed by atoms with E-state index in [4.69, 9.17) is 0 Å². The Morgan fingerprint density at radius 2 is 1.81 bits per heavy atom. The van der Waals surface area contributed by atoms with Crippen molar-refractivity contribution in [2.24, 2.45) is 5.92 Å². The molecule has 0 spiro atoms. The Morgan fingerprint density at radius 3 is 2.53 bits per heavy atom. The molecule has 10 heteroatoms. The molecule has 0 aliphatic heterocycles. The standard InChI is InChI=1S/C22H21F2N5O2S/c1-13(2)10-11-28-20(31)14-6-3-4-9-17(14)29-21(28)26-27-22(29)32-12-18(30)25-19-15(23)7-5-8-16(19)24/h3-9,13H,10-12H2,1-2H3,(H,25,30). The first-order valence-corrected chi connectivity index (χ1v) is 11.1. The molecule has 32 heavy (non-hydrogen) atoms. The van der Waals surface area contributed by atoms with Crippen molar-refractivity contribution in [3.8, 4) is 0 Å². The third-order valence-electron chi connectivity index (χ3n) is 4.97. The third-order valence-corrected chi connectivity index (χ3v) is 5.90. The number of hydrogen-bond acceptors (Lipinski definition) is 5. The van der Waals surface area contributed by atoms with Gasteiger partial charge in [-0.2, -0.15) is 0 Å². The van der Waals surface area contributed by atoms with Crippen LogP contribution < -0.4 is 10.9 Å². The number of aryl methyl sites for hydroxylation is 1. The first kappa shape index (κ1) is 21.9. The Morgan fingerprint density at radius 1 is 1.09 bits per heavy atom. The van der Waals surface area contributed by atoms with Gasteiger partial charge in [0.25, 0.3) is 5.56 Å². The number of rotatable bonds is 7. The van der Waals surface area contributed by atoms with Gasteiger partial charge in [0.2, 0.25) is 11.7 Å². The van der Waals surface area contributed by atoms with Gasteiger partial charge in [-0.15, -0.1) is 10.2 Å². The Balaban J connectivity index is 1.66. The summed E-state index contributed by atoms with van der Waals surface area (Å²) >= 11 is 1.07. The number of hydrogen-bond donors (Lipinski definition) is 1. The molecule has 2 aromatic heterocycles. The molecule has 0 aliphatic rings. The lowest BCUT2D eigenvalue weighted by atomic mass is 10.1. The van der Waals surface area contributed by atoms with Gasteiger partial charge in [0.1, 0.15) is 17.3 Å². The monoisotopic (exact) mass is 457 g/mol. The fraction of sp³-hybridized carbons (Fsp3) is 0.273. The number of nitrogens with one attached hydrogen (secondary N) is 1. The molecule has 0 saturated carbocycles. The van der Waals surface area contributed by atoms with Crippen molar-refractivity contribution >= 4 is 40.0 Å². The van der Waals surface area contributed by atoms with Gasteiger partial charge in [0.15, 0.2) is 5.16 Å². The number of thioether (sulfide) groups is 1. The van der Waals surface area contributed by atoms with E-state index in [0.717, 1.165) is 30.3 Å². The summed E-state index contributed by atoms with van der Waals surface area (Å²) in [7, 11) is 0. The topological polar surface area (TPSA) is 81.3 Å². The zero-order valence-electron chi connectivity index (χ0n) is 17.5. The number of halogens is 2. The molecule has 0 atom stereocenters. The molecule has 7 nitrogen and oxygen atoms in total. The minimum Gasteiger partial charge on any atom is -0.320 e. The van der Waals surface area contributed by atoms with E-state index in [0.29, 0.717) is 34.3 Å². The lowest BCUT2D eigenvalue weighted by Crippen LogP contribution is -2.24. The Kier molecular flexibility index (Phi) is 6.22. The van der Waals surface area contributed by atoms with E-state index in [-0.39, 0.29) is 11.3 Å². The number of carbonyl (C=O) groups excluding carboxylic acids is 1. The Labute approximate surface area is 186 Å². The van der Waals surface area contributed by atoms with Crippen molar-refractivity contribution in [2.45, 2.75) is 32.0 Å². The van der Waals surface area contributed by atoms with Gasteiger partial charge in [-0.3, -0.25) is 18.6 Å². The molecule has 0 saturated heterocycles. The van der Waals surface area contributed by atoms with E-state index in [1.807, 2.05) is 6.07 Å². The van der Waals surface area contributed by atoms with Crippen LogP contribution in [0.2, 0.25) is 0 Å². The van der Waals surface area contributed by atoms with E-state index in [1.165, 1.54) is 6.07 Å². The van der Waals surface area contributed by atoms with Crippen LogP contribution in [-0.2, 0) is 11.3 Å². The second-order valence-electron chi connectivity index (χ2n) is 7.71. The largest absolute Gasteiger partial charge is 0.320 e. The molecule has 0 radical (unpaired) electrons. The molecule has 4 aromatic rings. The lowest BCUT2D eigenvalue weighted by Gasteiger charge is -2.12. The molecule has 0 fully saturated rings. The maximum absolute atomic E-state index is 13.8. The van der Waals surface area contributed by atoms with Gasteiger partial charge in [-0.25, -0.2) is 8.78 Å². The summed E-state index contributed by atoms with van der Waals surface area (Å²) in [5.41, 5.74) is -0.0102. The first-order valence-electron chi connectivity index (χ1n) is 10.1. The molecule has 166 valence electrons. The molecular weight excluding hydrogens is 436 g/mol. The molecular formula is C22H21F2N5O2S. The highest BCUT2D eigenvalue weighted by molar-refractivity contribution is 7.99. The number of benzene rings is 2. The molecule has 0 unspecified atom stereocenters. The van der Waals surface area contributed by atoms with Crippen molar-refractivity contribution in [3.05, 3.63) is 64.5 Å². The normalized spacial score (nSPS) is 11.5. The van der Waals surface area contributed by atoms with Gasteiger partial charge in [-0.05, 0) is 36.6 Å². The minimum absolute atomic E-state index is 0.145. The average molecular weight is 458 g/mol. The van der Waals surface area contributed by atoms with Crippen molar-refractivity contribution in [2.75, 3.05) is 11.1 Å². The first-order chi connectivity index (χ1) is 15.4. The maximum Gasteiger partial charge on any atom is 0.262 e. The summed E-state index contributed by atoms with van der Waals surface area (Å²) in [6.07, 6.45) is 0.792. The second-order valence-corrected chi connectivity index (χ2v) is 8.65. The van der Waals surface area contributed by atoms with Gasteiger partial charge < -0.3 is 5.32 Å². The van der Waals surface area contributed by atoms with E-state index in [2.05, 4.69) is 29.4 Å². The fourth-order valence-electron chi connectivity index (χ4n) is 3.34. The number of aromatic nitrogens is 4. The highest BCUT2D eigenvalue weighted by atomic mass is 32.2. The van der Waals surface area contributed by atoms with Crippen LogP contribution in [0.1, 0.15) is 20.3 Å². The van der Waals surface area contributed by atoms with E-state index < -0.39 is 23.2 Å². The van der Waals surface area contributed by atoms with Gasteiger partial charge in [-0.1, -0.05) is 43.8 Å². The van der Waals surface area contributed by atoms with Crippen molar-refractivity contribution < 1.29 is 13.6 Å². The van der Waals surface area contributed by atoms with Crippen molar-refractivity contribution in [3.63, 3.8) is 0 Å². The van der Waals surface area contributed by atoms with Gasteiger partial charge in [0, 0.05) is 6.54 Å². The Hall–Kier alpha value is -3.27. The zero-order valence-corrected chi connectivity index (χ0v) is 18.3. The predicted octanol–water partition coefficient (Wildman–Crippen LogP) is 4.10. The molecule has 0 aliphatic carbocycles. The summed E-state index contributed by atoms with van der Waals surface area (Å²) < 4.78 is 30.9. The van der Waals surface area contributed by atoms with Crippen LogP contribution in [0.5, 0.6) is 0 Å². The Bertz CT molecular complexity index is 1350. The van der Waals surface area contributed by atoms with E-state index in [1.54, 1.807) is 27.2 Å². The number of amides is 1. The highest BCUT2D eigenvalue weighted by Gasteiger charge is 2.18. The van der Waals surface area contributed by atoms with E-state index in [9.17, 15) is 18.4 Å². The van der Waals surface area contributed by atoms with Crippen LogP contribution in [-0.4, -0.2) is 30.8 Å². The number of carbonyl (C=O) groups is 1. The number of anilines is 1. The summed E-state index contributed by atoms with van der Waals surface area (Å²) in [5, 5.41) is 11.6. The lowest BCUT2D eigenvalue weighted by molar-refractivity contribution is -0.113. The number of nitrogens with zero attached hydrogens (tertiary/aromatic N) is 4. The van der Waals surface area contributed by atoms with Crippen molar-refractivity contribution in [1.82, 2.24) is 19.2 Å². The SMILES string of the molecule is CC(C)CCn1c(=O)c2ccccc2n2c(SCC(=O)Nc3c(F)cccc3F)nnc12. The average Bonchev–Trinajstić information content (AvgIpc) is 3.19. The molecule has 2 aromatic carbocycles. The van der Waals surface area contributed by atoms with Crippen LogP contribution in [0.25, 0.3) is 16.7 Å². The predicted molar refractivity (Wildman–Crippen MR) is 120 cm³/mol. The smallest absolute Gasteiger partial charge is 0.262 e. The minimum atomic E-state index is -0.851. The van der Waals surface area contributed by atoms with Crippen molar-refractivity contribution in [1.29, 1.82) is 0 Å². The molecule has 4 rings (SSSR count). The number of para-hydroxylation sites is 2. The van der Waals surface area contributed by atoms with Crippen LogP contribution in [0.15, 0.2) is 52.4 Å². The molecule has 1 N–H and O–H groups in total. The molecule has 0 bridgehead atoms. The second kappa shape index (κ2) is 9.07. The summed E-state index contributed by atoms with van der Waals surface area (Å²) in [6, 6.07) is 10.5. The van der Waals surface area contributed by atoms with Crippen LogP contribution in [0.4, 0.5) is 14.5 Å². The van der Waals surface area contributed by atoms with E-state index >= 15 is 0 Å². The fourth-order valence-corrected chi connectivity index (χ4v) is 4.08. The van der Waals surface area contributed by atoms with Gasteiger partial charge >= 0.3 is 0 Å². The molecule has 1 amide bonds. The van der Waals surface area contributed by atoms with Crippen LogP contribution >= 0.6 is 11.8 Å². The summed E-state index contributed by atoms with van der Waals surface area (Å²) in [5.74, 6) is -1.65. The third kappa shape index (κ3) is 4.22. The summed E-state index contributed by atoms with van der Waals surface area (Å²) in [4.78, 5) is 25.4. The quantitative estimate of drug-likeness (QED) is 0.423. The maximum atomic E-state index is 13.8. The summed E-state index contributed by atoms with van der Waals surface area (Å²) in [6.45, 7) is 4.64. The molecule has 2 heterocycles. The number of fused-ring (bicyclic) bond motifs is 3.